The first-order valence-corrected chi connectivity index (χ1v) is 15.8. The molecule has 0 saturated carbocycles. The van der Waals surface area contributed by atoms with Crippen LogP contribution in [-0.2, 0) is 21.1 Å². The molecule has 0 aliphatic carbocycles. The maximum Gasteiger partial charge on any atom is 2.00 e. The van der Waals surface area contributed by atoms with Gasteiger partial charge in [-0.05, 0) is 34.4 Å². The summed E-state index contributed by atoms with van der Waals surface area (Å²) in [6.45, 7) is 8.97. The third kappa shape index (κ3) is 4.58. The van der Waals surface area contributed by atoms with Gasteiger partial charge in [0.15, 0.2) is 0 Å². The first kappa shape index (κ1) is 30.2. The molecular weight excluding hydrogens is 778 g/mol. The van der Waals surface area contributed by atoms with Gasteiger partial charge in [-0.1, -0.05) is 97.8 Å². The zero-order valence-electron chi connectivity index (χ0n) is 26.7. The van der Waals surface area contributed by atoms with Gasteiger partial charge in [-0.15, -0.1) is 12.1 Å². The molecule has 9 heteroatoms. The summed E-state index contributed by atoms with van der Waals surface area (Å²) in [4.78, 5) is 23.7. The molecule has 0 radical (unpaired) electrons. The molecule has 0 fully saturated rings. The summed E-state index contributed by atoms with van der Waals surface area (Å²) < 4.78 is 10.4. The number of hydrogen-bond acceptors (Lipinski definition) is 6. The van der Waals surface area contributed by atoms with E-state index < -0.39 is 0 Å². The average molecular weight is 807 g/mol. The van der Waals surface area contributed by atoms with Crippen LogP contribution in [0, 0.1) is 12.1 Å². The molecule has 48 heavy (non-hydrogen) atoms. The van der Waals surface area contributed by atoms with E-state index in [0.29, 0.717) is 23.3 Å². The van der Waals surface area contributed by atoms with Crippen molar-refractivity contribution in [3.8, 4) is 22.8 Å². The molecule has 0 spiro atoms. The van der Waals surface area contributed by atoms with Crippen molar-refractivity contribution < 1.29 is 25.8 Å². The fourth-order valence-corrected chi connectivity index (χ4v) is 6.81. The van der Waals surface area contributed by atoms with Gasteiger partial charge < -0.3 is 13.5 Å². The quantitative estimate of drug-likeness (QED) is 0.128. The molecule has 0 unspecified atom stereocenters. The SMILES string of the molecule is CC(C)c1cccc(C(C)C)c1-c1ccc2c3ccc(Oc4[c-]c5c(cc4)c4nccnc4n4ccnc54)[c-]c3c3nccn3c2n1.[Pt+2]. The van der Waals surface area contributed by atoms with E-state index in [-0.39, 0.29) is 21.1 Å². The largest absolute Gasteiger partial charge is 2.00 e. The molecule has 8 nitrogen and oxygen atoms in total. The molecule has 9 rings (SSSR count). The smallest absolute Gasteiger partial charge is 0.497 e. The first-order valence-electron chi connectivity index (χ1n) is 15.8. The summed E-state index contributed by atoms with van der Waals surface area (Å²) in [5.74, 6) is 1.86. The van der Waals surface area contributed by atoms with Crippen molar-refractivity contribution in [2.45, 2.75) is 39.5 Å². The van der Waals surface area contributed by atoms with Gasteiger partial charge in [0, 0.05) is 54.2 Å². The van der Waals surface area contributed by atoms with E-state index in [1.165, 1.54) is 16.7 Å². The number of hydrogen-bond donors (Lipinski definition) is 0. The number of imidazole rings is 2. The fraction of sp³-hybridized carbons (Fsp3) is 0.154. The molecule has 0 N–H and O–H groups in total. The van der Waals surface area contributed by atoms with Crippen molar-refractivity contribution in [1.82, 2.24) is 33.7 Å². The van der Waals surface area contributed by atoms with E-state index in [0.717, 1.165) is 60.7 Å². The van der Waals surface area contributed by atoms with Crippen LogP contribution in [0.3, 0.4) is 0 Å². The Balaban J connectivity index is 0.00000336. The number of nitrogens with zero attached hydrogens (tertiary/aromatic N) is 7. The van der Waals surface area contributed by atoms with Crippen LogP contribution in [0.25, 0.3) is 66.3 Å². The second-order valence-electron chi connectivity index (χ2n) is 12.5. The minimum atomic E-state index is 0. The first-order chi connectivity index (χ1) is 23.0. The zero-order valence-corrected chi connectivity index (χ0v) is 28.9. The van der Waals surface area contributed by atoms with Crippen molar-refractivity contribution in [3.05, 3.63) is 115 Å². The number of aromatic nitrogens is 7. The Kier molecular flexibility index (Phi) is 7.22. The van der Waals surface area contributed by atoms with E-state index in [1.54, 1.807) is 18.6 Å². The minimum absolute atomic E-state index is 0. The number of pyridine rings is 3. The van der Waals surface area contributed by atoms with Gasteiger partial charge in [-0.3, -0.25) is 15.0 Å². The predicted molar refractivity (Wildman–Crippen MR) is 185 cm³/mol. The van der Waals surface area contributed by atoms with E-state index in [2.05, 4.69) is 95.6 Å². The van der Waals surface area contributed by atoms with Crippen molar-refractivity contribution >= 4 is 55.0 Å². The molecule has 0 amide bonds. The number of ether oxygens (including phenoxy) is 1. The van der Waals surface area contributed by atoms with Gasteiger partial charge in [-0.2, -0.15) is 0 Å². The topological polar surface area (TPSA) is 82.5 Å². The van der Waals surface area contributed by atoms with Gasteiger partial charge >= 0.3 is 21.1 Å². The Hall–Kier alpha value is -5.20. The third-order valence-electron chi connectivity index (χ3n) is 8.97. The Labute approximate surface area is 290 Å². The number of fused-ring (bicyclic) bond motifs is 12. The van der Waals surface area contributed by atoms with Crippen molar-refractivity contribution in [2.75, 3.05) is 0 Å². The maximum absolute atomic E-state index is 6.38. The van der Waals surface area contributed by atoms with Crippen LogP contribution in [0.4, 0.5) is 0 Å². The van der Waals surface area contributed by atoms with E-state index in [9.17, 15) is 0 Å². The van der Waals surface area contributed by atoms with Gasteiger partial charge in [0.1, 0.15) is 11.3 Å². The summed E-state index contributed by atoms with van der Waals surface area (Å²) in [7, 11) is 0. The van der Waals surface area contributed by atoms with Crippen LogP contribution < -0.4 is 4.74 Å². The van der Waals surface area contributed by atoms with E-state index in [1.807, 2.05) is 41.2 Å². The van der Waals surface area contributed by atoms with E-state index in [4.69, 9.17) is 14.7 Å². The molecule has 0 aliphatic rings. The zero-order chi connectivity index (χ0) is 31.8. The van der Waals surface area contributed by atoms with Crippen LogP contribution >= 0.6 is 0 Å². The molecule has 6 aromatic heterocycles. The van der Waals surface area contributed by atoms with Gasteiger partial charge in [0.2, 0.25) is 0 Å². The molecule has 0 aliphatic heterocycles. The standard InChI is InChI=1S/C39H29N7O.Pt/c1-22(2)26-6-5-7-27(23(3)4)34(26)33-13-12-30-28-10-8-24(20-31(28)36-42-16-18-45(36)38(30)44-33)47-25-9-11-29-32(21-25)37-43-17-19-46(37)39-35(29)40-14-15-41-39;/h5-19,22-23H,1-4H3;/q-2;+2. The summed E-state index contributed by atoms with van der Waals surface area (Å²) in [5, 5.41) is 4.62. The van der Waals surface area contributed by atoms with Gasteiger partial charge in [0.25, 0.3) is 0 Å². The summed E-state index contributed by atoms with van der Waals surface area (Å²) >= 11 is 0. The third-order valence-corrected chi connectivity index (χ3v) is 8.97. The van der Waals surface area contributed by atoms with Crippen LogP contribution in [0.2, 0.25) is 0 Å². The average Bonchev–Trinajstić information content (AvgIpc) is 3.79. The summed E-state index contributed by atoms with van der Waals surface area (Å²) in [6.07, 6.45) is 10.8. The molecule has 0 atom stereocenters. The molecule has 0 bridgehead atoms. The molecule has 9 aromatic rings. The normalized spacial score (nSPS) is 12.0. The van der Waals surface area contributed by atoms with E-state index >= 15 is 0 Å². The molecule has 0 saturated heterocycles. The van der Waals surface area contributed by atoms with Crippen LogP contribution in [0.15, 0.2) is 91.8 Å². The van der Waals surface area contributed by atoms with Crippen LogP contribution in [0.1, 0.15) is 50.7 Å². The monoisotopic (exact) mass is 806 g/mol. The van der Waals surface area contributed by atoms with Crippen molar-refractivity contribution in [3.63, 3.8) is 0 Å². The minimum Gasteiger partial charge on any atom is -0.497 e. The molecular formula is C39H29N7OPt. The number of rotatable bonds is 5. The van der Waals surface area contributed by atoms with Gasteiger partial charge in [0.05, 0.1) is 22.5 Å². The summed E-state index contributed by atoms with van der Waals surface area (Å²) in [5.41, 5.74) is 8.72. The van der Waals surface area contributed by atoms with Gasteiger partial charge in [-0.25, -0.2) is 9.97 Å². The van der Waals surface area contributed by atoms with Crippen LogP contribution in [-0.4, -0.2) is 33.7 Å². The summed E-state index contributed by atoms with van der Waals surface area (Å²) in [6, 6.07) is 25.8. The fourth-order valence-electron chi connectivity index (χ4n) is 6.81. The van der Waals surface area contributed by atoms with Crippen LogP contribution in [0.5, 0.6) is 11.5 Å². The second-order valence-corrected chi connectivity index (χ2v) is 12.5. The second kappa shape index (κ2) is 11.5. The predicted octanol–water partition coefficient (Wildman–Crippen LogP) is 9.08. The van der Waals surface area contributed by atoms with Crippen molar-refractivity contribution in [2.24, 2.45) is 0 Å². The van der Waals surface area contributed by atoms with Crippen molar-refractivity contribution in [1.29, 1.82) is 0 Å². The Bertz CT molecular complexity index is 2670. The number of benzene rings is 3. The molecule has 3 aromatic carbocycles. The Morgan fingerprint density at radius 1 is 0.583 bits per heavy atom. The molecule has 236 valence electrons. The Morgan fingerprint density at radius 2 is 1.15 bits per heavy atom. The Morgan fingerprint density at radius 3 is 1.81 bits per heavy atom. The maximum atomic E-state index is 6.38. The molecule has 6 heterocycles.